The quantitative estimate of drug-likeness (QED) is 0.229. The second kappa shape index (κ2) is 4.15. The molecule has 0 amide bonds. The molecule has 0 radical (unpaired) electrons. The molecule has 10 heteroatoms. The number of aldehydes is 1. The molecule has 0 saturated heterocycles. The maximum atomic E-state index is 9.99. The molecule has 0 aromatic rings. The number of rotatable bonds is 6. The first-order valence-electron chi connectivity index (χ1n) is 2.69. The van der Waals surface area contributed by atoms with Crippen molar-refractivity contribution < 1.29 is 29.7 Å². The van der Waals surface area contributed by atoms with Crippen LogP contribution in [-0.2, 0) is 14.5 Å². The van der Waals surface area contributed by atoms with E-state index in [4.69, 9.17) is 5.11 Å². The van der Waals surface area contributed by atoms with Gasteiger partial charge in [0.15, 0.2) is 12.9 Å². The summed E-state index contributed by atoms with van der Waals surface area (Å²) in [6, 6.07) is 0. The smallest absolute Gasteiger partial charge is 0.297 e. The molecule has 0 aliphatic carbocycles. The highest BCUT2D eigenvalue weighted by Gasteiger charge is 2.33. The summed E-state index contributed by atoms with van der Waals surface area (Å²) in [6.07, 6.45) is -0.390. The predicted molar refractivity (Wildman–Crippen MR) is 32.0 cm³/mol. The molecule has 0 aliphatic heterocycles. The lowest BCUT2D eigenvalue weighted by Gasteiger charge is -2.16. The molecule has 1 atom stereocenters. The Hall–Kier alpha value is -1.97. The van der Waals surface area contributed by atoms with Crippen molar-refractivity contribution in [2.24, 2.45) is 0 Å². The van der Waals surface area contributed by atoms with Crippen LogP contribution in [-0.4, -0.2) is 34.0 Å². The molecule has 74 valence electrons. The summed E-state index contributed by atoms with van der Waals surface area (Å²) < 4.78 is 0. The molecule has 1 unspecified atom stereocenters. The number of carbonyl (C=O) groups is 1. The second-order valence-electron chi connectivity index (χ2n) is 1.77. The van der Waals surface area contributed by atoms with Crippen molar-refractivity contribution >= 4 is 6.29 Å². The van der Waals surface area contributed by atoms with E-state index < -0.39 is 22.6 Å². The van der Waals surface area contributed by atoms with Crippen molar-refractivity contribution in [2.45, 2.75) is 5.79 Å². The Morgan fingerprint density at radius 3 is 2.23 bits per heavy atom. The van der Waals surface area contributed by atoms with Gasteiger partial charge in [-0.05, 0) is 0 Å². The third-order valence-corrected chi connectivity index (χ3v) is 0.794. The van der Waals surface area contributed by atoms with E-state index in [1.165, 1.54) is 0 Å². The number of aliphatic hydroxyl groups is 1. The fourth-order valence-electron chi connectivity index (χ4n) is 0.356. The first kappa shape index (κ1) is 11.0. The van der Waals surface area contributed by atoms with Gasteiger partial charge in [-0.25, -0.2) is 0 Å². The molecule has 0 aliphatic rings. The normalized spacial score (nSPS) is 13.9. The van der Waals surface area contributed by atoms with Crippen LogP contribution in [0.5, 0.6) is 0 Å². The van der Waals surface area contributed by atoms with Crippen LogP contribution in [0.4, 0.5) is 0 Å². The maximum Gasteiger partial charge on any atom is 0.297 e. The minimum atomic E-state index is -2.95. The Kier molecular flexibility index (Phi) is 3.53. The van der Waals surface area contributed by atoms with Crippen LogP contribution in [0.15, 0.2) is 0 Å². The summed E-state index contributed by atoms with van der Waals surface area (Å²) in [4.78, 5) is 36.2. The van der Waals surface area contributed by atoms with Gasteiger partial charge in [-0.3, -0.25) is 9.63 Å². The summed E-state index contributed by atoms with van der Waals surface area (Å²) in [5.41, 5.74) is 0. The highest BCUT2D eigenvalue weighted by Crippen LogP contribution is 2.03. The monoisotopic (exact) mass is 196 g/mol. The molecule has 0 saturated carbocycles. The van der Waals surface area contributed by atoms with Gasteiger partial charge in [-0.1, -0.05) is 0 Å². The van der Waals surface area contributed by atoms with Gasteiger partial charge < -0.3 is 9.94 Å². The van der Waals surface area contributed by atoms with Crippen molar-refractivity contribution in [1.82, 2.24) is 0 Å². The lowest BCUT2D eigenvalue weighted by atomic mass is 10.3. The van der Waals surface area contributed by atoms with Crippen molar-refractivity contribution in [1.29, 1.82) is 0 Å². The molecular weight excluding hydrogens is 192 g/mol. The van der Waals surface area contributed by atoms with Crippen LogP contribution in [0, 0.1) is 20.2 Å². The highest BCUT2D eigenvalue weighted by molar-refractivity contribution is 5.59. The molecule has 0 rings (SSSR count). The van der Waals surface area contributed by atoms with Crippen LogP contribution >= 0.6 is 0 Å². The second-order valence-corrected chi connectivity index (χ2v) is 1.77. The molecule has 0 aromatic carbocycles. The van der Waals surface area contributed by atoms with Gasteiger partial charge in [0.25, 0.3) is 16.0 Å². The molecule has 0 heterocycles. The van der Waals surface area contributed by atoms with Gasteiger partial charge in [0.1, 0.15) is 0 Å². The lowest BCUT2D eigenvalue weighted by Crippen LogP contribution is -2.42. The van der Waals surface area contributed by atoms with Crippen LogP contribution in [0.25, 0.3) is 0 Å². The summed E-state index contributed by atoms with van der Waals surface area (Å²) in [7, 11) is 0. The number of hydrogen-bond acceptors (Lipinski definition) is 8. The topological polar surface area (TPSA) is 142 Å². The van der Waals surface area contributed by atoms with E-state index in [0.717, 1.165) is 0 Å². The summed E-state index contributed by atoms with van der Waals surface area (Å²) in [6.45, 7) is -1.27. The van der Waals surface area contributed by atoms with Gasteiger partial charge in [0.05, 0.1) is 0 Å². The van der Waals surface area contributed by atoms with Crippen LogP contribution in [0.3, 0.4) is 0 Å². The molecule has 1 N–H and O–H groups in total. The largest absolute Gasteiger partial charge is 0.359 e. The fourth-order valence-corrected chi connectivity index (χ4v) is 0.356. The Labute approximate surface area is 69.9 Å². The molecule has 0 bridgehead atoms. The van der Waals surface area contributed by atoms with Crippen molar-refractivity contribution in [3.05, 3.63) is 20.2 Å². The Morgan fingerprint density at radius 1 is 1.38 bits per heavy atom. The van der Waals surface area contributed by atoms with E-state index in [1.807, 2.05) is 0 Å². The average Bonchev–Trinajstić information content (AvgIpc) is 2.00. The van der Waals surface area contributed by atoms with E-state index in [1.54, 1.807) is 0 Å². The minimum absolute atomic E-state index is 0.390. The Balaban J connectivity index is 4.19. The first-order chi connectivity index (χ1) is 5.89. The average molecular weight is 196 g/mol. The van der Waals surface area contributed by atoms with E-state index in [9.17, 15) is 25.0 Å². The molecular formula is C3H4N2O8. The van der Waals surface area contributed by atoms with Crippen LogP contribution in [0.1, 0.15) is 0 Å². The SMILES string of the molecule is O=CC(O)(CO[N+](=O)[O-])O[N+](=O)[O-]. The number of carbonyl (C=O) groups excluding carboxylic acids is 1. The molecule has 0 fully saturated rings. The van der Waals surface area contributed by atoms with Crippen LogP contribution in [0.2, 0.25) is 0 Å². The van der Waals surface area contributed by atoms with Gasteiger partial charge in [-0.15, -0.1) is 20.2 Å². The minimum Gasteiger partial charge on any atom is -0.359 e. The molecule has 0 spiro atoms. The molecule has 13 heavy (non-hydrogen) atoms. The Bertz CT molecular complexity index is 227. The summed E-state index contributed by atoms with van der Waals surface area (Å²) in [5, 5.41) is 25.2. The van der Waals surface area contributed by atoms with Crippen molar-refractivity contribution in [3.63, 3.8) is 0 Å². The zero-order chi connectivity index (χ0) is 10.5. The standard InChI is InChI=1S/C3H4N2O8/c6-1-3(7,13-5(10)11)2-12-4(8)9/h1,7H,2H2. The molecule has 10 nitrogen and oxygen atoms in total. The van der Waals surface area contributed by atoms with Crippen molar-refractivity contribution in [2.75, 3.05) is 6.61 Å². The summed E-state index contributed by atoms with van der Waals surface area (Å²) >= 11 is 0. The summed E-state index contributed by atoms with van der Waals surface area (Å²) in [5.74, 6) is -2.95. The van der Waals surface area contributed by atoms with Gasteiger partial charge in [0.2, 0.25) is 0 Å². The first-order valence-corrected chi connectivity index (χ1v) is 2.69. The van der Waals surface area contributed by atoms with Gasteiger partial charge in [-0.2, -0.15) is 0 Å². The maximum absolute atomic E-state index is 9.99. The van der Waals surface area contributed by atoms with Gasteiger partial charge in [0, 0.05) is 0 Å². The van der Waals surface area contributed by atoms with E-state index in [2.05, 4.69) is 9.68 Å². The molecule has 0 aromatic heterocycles. The van der Waals surface area contributed by atoms with Crippen LogP contribution < -0.4 is 0 Å². The lowest BCUT2D eigenvalue weighted by molar-refractivity contribution is -0.808. The van der Waals surface area contributed by atoms with E-state index >= 15 is 0 Å². The fraction of sp³-hybridized carbons (Fsp3) is 0.667. The highest BCUT2D eigenvalue weighted by atomic mass is 17.0. The van der Waals surface area contributed by atoms with Crippen molar-refractivity contribution in [3.8, 4) is 0 Å². The zero-order valence-corrected chi connectivity index (χ0v) is 5.98. The van der Waals surface area contributed by atoms with Gasteiger partial charge >= 0.3 is 0 Å². The van der Waals surface area contributed by atoms with E-state index in [0.29, 0.717) is 0 Å². The predicted octanol–water partition coefficient (Wildman–Crippen LogP) is -1.71. The Morgan fingerprint density at radius 2 is 1.92 bits per heavy atom. The third-order valence-electron chi connectivity index (χ3n) is 0.794. The number of hydrogen-bond donors (Lipinski definition) is 1. The third kappa shape index (κ3) is 4.47. The van der Waals surface area contributed by atoms with E-state index in [-0.39, 0.29) is 6.29 Å². The zero-order valence-electron chi connectivity index (χ0n) is 5.98. The number of nitrogens with zero attached hydrogens (tertiary/aromatic N) is 2.